The van der Waals surface area contributed by atoms with Crippen LogP contribution in [0.3, 0.4) is 0 Å². The Kier molecular flexibility index (Phi) is 6.62. The number of fused-ring (bicyclic) bond motifs is 1. The molecule has 1 aromatic carbocycles. The molecule has 8 heteroatoms. The van der Waals surface area contributed by atoms with Gasteiger partial charge in [-0.2, -0.15) is 0 Å². The van der Waals surface area contributed by atoms with Crippen molar-refractivity contribution in [1.82, 2.24) is 9.80 Å². The second kappa shape index (κ2) is 9.42. The van der Waals surface area contributed by atoms with Gasteiger partial charge in [0, 0.05) is 36.6 Å². The first-order chi connectivity index (χ1) is 15.3. The van der Waals surface area contributed by atoms with Gasteiger partial charge < -0.3 is 16.0 Å². The molecule has 1 unspecified atom stereocenters. The van der Waals surface area contributed by atoms with E-state index in [-0.39, 0.29) is 17.9 Å². The number of benzene rings is 1. The number of nitrogens with one attached hydrogen (secondary N) is 1. The third kappa shape index (κ3) is 4.56. The Morgan fingerprint density at radius 1 is 1.09 bits per heavy atom. The Bertz CT molecular complexity index is 1050. The number of thiophene rings is 1. The summed E-state index contributed by atoms with van der Waals surface area (Å²) in [6.45, 7) is 6.45. The number of nitrogens with zero attached hydrogens (tertiary/aromatic N) is 2. The normalized spacial score (nSPS) is 17.5. The van der Waals surface area contributed by atoms with Gasteiger partial charge in [-0.3, -0.25) is 19.3 Å². The Balaban J connectivity index is 1.40. The predicted molar refractivity (Wildman–Crippen MR) is 126 cm³/mol. The zero-order valence-electron chi connectivity index (χ0n) is 18.6. The molecule has 1 saturated heterocycles. The zero-order valence-corrected chi connectivity index (χ0v) is 19.5. The van der Waals surface area contributed by atoms with Crippen molar-refractivity contribution in [2.75, 3.05) is 31.5 Å². The van der Waals surface area contributed by atoms with Crippen molar-refractivity contribution in [2.24, 2.45) is 5.73 Å². The highest BCUT2D eigenvalue weighted by Crippen LogP contribution is 2.39. The van der Waals surface area contributed by atoms with Gasteiger partial charge in [0.2, 0.25) is 5.91 Å². The number of rotatable bonds is 5. The topological polar surface area (TPSA) is 95.7 Å². The van der Waals surface area contributed by atoms with Crippen molar-refractivity contribution in [3.05, 3.63) is 51.4 Å². The summed E-state index contributed by atoms with van der Waals surface area (Å²) in [6, 6.07) is 7.27. The molecular weight excluding hydrogens is 424 g/mol. The van der Waals surface area contributed by atoms with Crippen LogP contribution in [0.1, 0.15) is 56.5 Å². The van der Waals surface area contributed by atoms with Crippen LogP contribution in [-0.4, -0.2) is 59.7 Å². The van der Waals surface area contributed by atoms with Crippen LogP contribution in [0.25, 0.3) is 0 Å². The number of hydrogen-bond acceptors (Lipinski definition) is 5. The third-order valence-electron chi connectivity index (χ3n) is 6.41. The molecule has 0 spiro atoms. The minimum atomic E-state index is -0.479. The fourth-order valence-corrected chi connectivity index (χ4v) is 5.92. The predicted octanol–water partition coefficient (Wildman–Crippen LogP) is 2.82. The number of amides is 3. The van der Waals surface area contributed by atoms with Crippen molar-refractivity contribution < 1.29 is 14.4 Å². The van der Waals surface area contributed by atoms with Crippen molar-refractivity contribution in [3.63, 3.8) is 0 Å². The summed E-state index contributed by atoms with van der Waals surface area (Å²) < 4.78 is 0. The highest BCUT2D eigenvalue weighted by molar-refractivity contribution is 7.17. The molecule has 170 valence electrons. The van der Waals surface area contributed by atoms with Crippen LogP contribution < -0.4 is 11.1 Å². The lowest BCUT2D eigenvalue weighted by Crippen LogP contribution is -2.44. The Labute approximate surface area is 192 Å². The summed E-state index contributed by atoms with van der Waals surface area (Å²) in [5.74, 6) is -0.592. The average Bonchev–Trinajstić information content (AvgIpc) is 3.24. The maximum Gasteiger partial charge on any atom is 0.253 e. The van der Waals surface area contributed by atoms with Gasteiger partial charge in [0.05, 0.1) is 11.6 Å². The molecule has 4 rings (SSSR count). The number of carbonyl (C=O) groups excluding carboxylic acids is 3. The number of anilines is 1. The van der Waals surface area contributed by atoms with Crippen LogP contribution in [0.2, 0.25) is 0 Å². The second-order valence-corrected chi connectivity index (χ2v) is 9.75. The molecule has 2 aliphatic rings. The first-order valence-corrected chi connectivity index (χ1v) is 12.0. The fraction of sp³-hybridized carbons (Fsp3) is 0.458. The molecule has 1 atom stereocenters. The monoisotopic (exact) mass is 454 g/mol. The van der Waals surface area contributed by atoms with Gasteiger partial charge in [0.15, 0.2) is 0 Å². The summed E-state index contributed by atoms with van der Waals surface area (Å²) in [6.07, 6.45) is 3.60. The van der Waals surface area contributed by atoms with E-state index < -0.39 is 5.91 Å². The van der Waals surface area contributed by atoms with Crippen LogP contribution in [0.4, 0.5) is 5.00 Å². The van der Waals surface area contributed by atoms with E-state index >= 15 is 0 Å². The first kappa shape index (κ1) is 22.5. The van der Waals surface area contributed by atoms with Crippen molar-refractivity contribution in [2.45, 2.75) is 45.6 Å². The van der Waals surface area contributed by atoms with Gasteiger partial charge in [-0.1, -0.05) is 17.7 Å². The molecule has 0 bridgehead atoms. The first-order valence-electron chi connectivity index (χ1n) is 11.2. The number of primary amides is 1. The molecule has 1 fully saturated rings. The molecule has 7 nitrogen and oxygen atoms in total. The van der Waals surface area contributed by atoms with Gasteiger partial charge in [-0.25, -0.2) is 0 Å². The summed E-state index contributed by atoms with van der Waals surface area (Å²) >= 11 is 1.47. The summed E-state index contributed by atoms with van der Waals surface area (Å²) in [7, 11) is 0. The molecule has 1 aliphatic carbocycles. The Hall–Kier alpha value is -2.71. The van der Waals surface area contributed by atoms with Crippen LogP contribution in [-0.2, 0) is 17.6 Å². The largest absolute Gasteiger partial charge is 0.365 e. The Morgan fingerprint density at radius 3 is 2.66 bits per heavy atom. The number of carbonyl (C=O) groups is 3. The standard InChI is InChI=1S/C24H30N4O3S/c1-15-6-3-7-17(14-15)24(31)28-11-5-10-27(12-13-28)16(2)22(30)26-23-20(21(25)29)18-8-4-9-19(18)32-23/h3,6-7,14,16H,4-5,8-13H2,1-2H3,(H2,25,29)(H,26,30). The summed E-state index contributed by atoms with van der Waals surface area (Å²) in [5, 5.41) is 3.54. The minimum absolute atomic E-state index is 0.0341. The molecule has 3 amide bonds. The molecular formula is C24H30N4O3S. The van der Waals surface area contributed by atoms with Crippen LogP contribution in [0.5, 0.6) is 0 Å². The maximum absolute atomic E-state index is 13.0. The van der Waals surface area contributed by atoms with Crippen LogP contribution in [0, 0.1) is 6.92 Å². The molecule has 2 heterocycles. The van der Waals surface area contributed by atoms with E-state index in [0.29, 0.717) is 35.8 Å². The van der Waals surface area contributed by atoms with Crippen molar-refractivity contribution in [1.29, 1.82) is 0 Å². The van der Waals surface area contributed by atoms with Crippen molar-refractivity contribution >= 4 is 34.1 Å². The van der Waals surface area contributed by atoms with E-state index in [1.54, 1.807) is 0 Å². The molecule has 1 aromatic heterocycles. The van der Waals surface area contributed by atoms with E-state index in [2.05, 4.69) is 10.2 Å². The summed E-state index contributed by atoms with van der Waals surface area (Å²) in [5.41, 5.74) is 8.87. The van der Waals surface area contributed by atoms with Gasteiger partial charge in [-0.15, -0.1) is 11.3 Å². The highest BCUT2D eigenvalue weighted by atomic mass is 32.1. The fourth-order valence-electron chi connectivity index (χ4n) is 4.62. The van der Waals surface area contributed by atoms with Gasteiger partial charge >= 0.3 is 0 Å². The molecule has 32 heavy (non-hydrogen) atoms. The number of nitrogens with two attached hydrogens (primary N) is 1. The minimum Gasteiger partial charge on any atom is -0.365 e. The van der Waals surface area contributed by atoms with Crippen LogP contribution in [0.15, 0.2) is 24.3 Å². The zero-order chi connectivity index (χ0) is 22.8. The molecule has 0 saturated carbocycles. The van der Waals surface area contributed by atoms with Gasteiger partial charge in [-0.05, 0) is 57.2 Å². The third-order valence-corrected chi connectivity index (χ3v) is 7.62. The second-order valence-electron chi connectivity index (χ2n) is 8.64. The molecule has 2 aromatic rings. The number of hydrogen-bond donors (Lipinski definition) is 2. The van der Waals surface area contributed by atoms with E-state index in [1.165, 1.54) is 11.3 Å². The summed E-state index contributed by atoms with van der Waals surface area (Å²) in [4.78, 5) is 43.1. The van der Waals surface area contributed by atoms with Crippen molar-refractivity contribution in [3.8, 4) is 0 Å². The van der Waals surface area contributed by atoms with Crippen LogP contribution >= 0.6 is 11.3 Å². The average molecular weight is 455 g/mol. The molecule has 1 aliphatic heterocycles. The van der Waals surface area contributed by atoms with E-state index in [9.17, 15) is 14.4 Å². The molecule has 0 radical (unpaired) electrons. The lowest BCUT2D eigenvalue weighted by molar-refractivity contribution is -0.120. The quantitative estimate of drug-likeness (QED) is 0.726. The highest BCUT2D eigenvalue weighted by Gasteiger charge is 2.30. The molecule has 3 N–H and O–H groups in total. The lowest BCUT2D eigenvalue weighted by atomic mass is 10.1. The Morgan fingerprint density at radius 2 is 1.91 bits per heavy atom. The van der Waals surface area contributed by atoms with E-state index in [4.69, 9.17) is 5.73 Å². The SMILES string of the molecule is Cc1cccc(C(=O)N2CCCN(C(C)C(=O)Nc3sc4c(c3C(N)=O)CCC4)CC2)c1. The smallest absolute Gasteiger partial charge is 0.253 e. The van der Waals surface area contributed by atoms with Gasteiger partial charge in [0.25, 0.3) is 11.8 Å². The lowest BCUT2D eigenvalue weighted by Gasteiger charge is -2.27. The van der Waals surface area contributed by atoms with E-state index in [0.717, 1.165) is 48.2 Å². The van der Waals surface area contributed by atoms with E-state index in [1.807, 2.05) is 43.0 Å². The maximum atomic E-state index is 13.0. The van der Waals surface area contributed by atoms with Gasteiger partial charge in [0.1, 0.15) is 5.00 Å². The number of aryl methyl sites for hydroxylation is 2.